The predicted molar refractivity (Wildman–Crippen MR) is 97.9 cm³/mol. The lowest BCUT2D eigenvalue weighted by Gasteiger charge is -2.24. The third kappa shape index (κ3) is 4.80. The molecular formula is C18H21N4O6+. The van der Waals surface area contributed by atoms with Crippen molar-refractivity contribution in [3.05, 3.63) is 41.5 Å². The van der Waals surface area contributed by atoms with Crippen LogP contribution >= 0.6 is 0 Å². The number of benzene rings is 1. The summed E-state index contributed by atoms with van der Waals surface area (Å²) in [6, 6.07) is 7.21. The molecule has 0 spiro atoms. The highest BCUT2D eigenvalue weighted by Crippen LogP contribution is 2.19. The number of aromatic nitrogens is 2. The summed E-state index contributed by atoms with van der Waals surface area (Å²) in [5, 5.41) is 2.49. The number of carbonyl (C=O) groups is 3. The molecule has 28 heavy (non-hydrogen) atoms. The number of nitrogens with one attached hydrogen (secondary N) is 1. The van der Waals surface area contributed by atoms with E-state index < -0.39 is 16.5 Å². The van der Waals surface area contributed by atoms with Crippen LogP contribution in [0.25, 0.3) is 0 Å². The molecule has 10 nitrogen and oxygen atoms in total. The highest BCUT2D eigenvalue weighted by Gasteiger charge is 2.33. The van der Waals surface area contributed by atoms with Gasteiger partial charge in [-0.05, 0) is 12.1 Å². The molecule has 1 unspecified atom stereocenters. The van der Waals surface area contributed by atoms with Gasteiger partial charge < -0.3 is 14.2 Å². The van der Waals surface area contributed by atoms with Gasteiger partial charge in [0, 0.05) is 5.56 Å². The van der Waals surface area contributed by atoms with Gasteiger partial charge in [-0.25, -0.2) is 19.7 Å². The Kier molecular flexibility index (Phi) is 6.61. The SMILES string of the molecule is COC(=O)c1ccc(C[N+](C)(C=O)C(=O)Nc2nc(OC)cc(OC)n2)cc1. The third-order valence-electron chi connectivity index (χ3n) is 3.90. The number of hydrogen-bond acceptors (Lipinski definition) is 8. The van der Waals surface area contributed by atoms with Crippen LogP contribution in [0.1, 0.15) is 15.9 Å². The van der Waals surface area contributed by atoms with Crippen molar-refractivity contribution in [1.29, 1.82) is 0 Å². The molecular weight excluding hydrogens is 368 g/mol. The Morgan fingerprint density at radius 2 is 1.64 bits per heavy atom. The fraction of sp³-hybridized carbons (Fsp3) is 0.278. The fourth-order valence-electron chi connectivity index (χ4n) is 2.29. The lowest BCUT2D eigenvalue weighted by molar-refractivity contribution is -0.753. The highest BCUT2D eigenvalue weighted by atomic mass is 16.5. The fourth-order valence-corrected chi connectivity index (χ4v) is 2.29. The predicted octanol–water partition coefficient (Wildman–Crippen LogP) is 1.62. The summed E-state index contributed by atoms with van der Waals surface area (Å²) in [6.07, 6.45) is 0.501. The summed E-state index contributed by atoms with van der Waals surface area (Å²) in [5.74, 6) is -0.142. The Morgan fingerprint density at radius 1 is 1.07 bits per heavy atom. The van der Waals surface area contributed by atoms with Crippen LogP contribution in [0.5, 0.6) is 11.8 Å². The van der Waals surface area contributed by atoms with E-state index >= 15 is 0 Å². The van der Waals surface area contributed by atoms with E-state index in [-0.39, 0.29) is 24.3 Å². The first kappa shape index (κ1) is 20.8. The van der Waals surface area contributed by atoms with Crippen molar-refractivity contribution in [2.24, 2.45) is 0 Å². The van der Waals surface area contributed by atoms with Crippen molar-refractivity contribution in [3.8, 4) is 11.8 Å². The van der Waals surface area contributed by atoms with Crippen LogP contribution in [0.4, 0.5) is 10.7 Å². The summed E-state index contributed by atoms with van der Waals surface area (Å²) in [4.78, 5) is 43.9. The van der Waals surface area contributed by atoms with Crippen LogP contribution in [0.15, 0.2) is 30.3 Å². The van der Waals surface area contributed by atoms with Crippen molar-refractivity contribution < 1.29 is 33.1 Å². The Balaban J connectivity index is 2.19. The number of quaternary nitrogens is 1. The van der Waals surface area contributed by atoms with Gasteiger partial charge in [-0.1, -0.05) is 12.1 Å². The van der Waals surface area contributed by atoms with E-state index in [0.717, 1.165) is 0 Å². The highest BCUT2D eigenvalue weighted by molar-refractivity contribution is 5.89. The smallest absolute Gasteiger partial charge is 0.430 e. The van der Waals surface area contributed by atoms with E-state index in [1.54, 1.807) is 24.3 Å². The Morgan fingerprint density at radius 3 is 2.11 bits per heavy atom. The molecule has 0 bridgehead atoms. The summed E-state index contributed by atoms with van der Waals surface area (Å²) in [7, 11) is 5.55. The summed E-state index contributed by atoms with van der Waals surface area (Å²) < 4.78 is 14.1. The van der Waals surface area contributed by atoms with Gasteiger partial charge in [0.2, 0.25) is 17.7 Å². The zero-order valence-electron chi connectivity index (χ0n) is 16.0. The quantitative estimate of drug-likeness (QED) is 0.431. The average molecular weight is 389 g/mol. The van der Waals surface area contributed by atoms with Crippen LogP contribution in [0.2, 0.25) is 0 Å². The molecule has 0 saturated carbocycles. The van der Waals surface area contributed by atoms with E-state index in [0.29, 0.717) is 17.5 Å². The molecule has 0 radical (unpaired) electrons. The van der Waals surface area contributed by atoms with E-state index in [9.17, 15) is 14.4 Å². The van der Waals surface area contributed by atoms with E-state index in [4.69, 9.17) is 9.47 Å². The number of hydrogen-bond donors (Lipinski definition) is 1. The molecule has 1 heterocycles. The molecule has 0 fully saturated rings. The van der Waals surface area contributed by atoms with E-state index in [1.165, 1.54) is 34.4 Å². The molecule has 3 amide bonds. The molecule has 2 rings (SSSR count). The van der Waals surface area contributed by atoms with Crippen molar-refractivity contribution in [1.82, 2.24) is 9.97 Å². The minimum absolute atomic E-state index is 0.0535. The monoisotopic (exact) mass is 389 g/mol. The molecule has 10 heteroatoms. The Hall–Kier alpha value is -3.53. The summed E-state index contributed by atoms with van der Waals surface area (Å²) in [6.45, 7) is 0.0535. The van der Waals surface area contributed by atoms with E-state index in [1.807, 2.05) is 0 Å². The van der Waals surface area contributed by atoms with Crippen molar-refractivity contribution in [2.45, 2.75) is 6.54 Å². The van der Waals surface area contributed by atoms with Crippen LogP contribution in [-0.4, -0.2) is 61.2 Å². The minimum Gasteiger partial charge on any atom is -0.481 e. The number of imide groups is 1. The minimum atomic E-state index is -0.651. The molecule has 148 valence electrons. The van der Waals surface area contributed by atoms with Gasteiger partial charge in [-0.3, -0.25) is 0 Å². The number of nitrogens with zero attached hydrogens (tertiary/aromatic N) is 3. The maximum atomic E-state index is 12.7. The van der Waals surface area contributed by atoms with Crippen LogP contribution < -0.4 is 14.8 Å². The topological polar surface area (TPSA) is 117 Å². The summed E-state index contributed by atoms with van der Waals surface area (Å²) in [5.41, 5.74) is 1.04. The molecule has 1 N–H and O–H groups in total. The van der Waals surface area contributed by atoms with Crippen molar-refractivity contribution in [2.75, 3.05) is 33.7 Å². The second-order valence-corrected chi connectivity index (χ2v) is 5.93. The first-order valence-electron chi connectivity index (χ1n) is 8.12. The molecule has 0 aliphatic rings. The Labute approximate surface area is 161 Å². The average Bonchev–Trinajstić information content (AvgIpc) is 2.73. The zero-order chi connectivity index (χ0) is 20.7. The molecule has 1 atom stereocenters. The zero-order valence-corrected chi connectivity index (χ0v) is 16.0. The second-order valence-electron chi connectivity index (χ2n) is 5.93. The molecule has 1 aromatic heterocycles. The van der Waals surface area contributed by atoms with Gasteiger partial charge in [-0.15, -0.1) is 0 Å². The number of ether oxygens (including phenoxy) is 3. The maximum Gasteiger partial charge on any atom is 0.430 e. The molecule has 0 aliphatic carbocycles. The van der Waals surface area contributed by atoms with Gasteiger partial charge >= 0.3 is 18.4 Å². The normalized spacial score (nSPS) is 12.4. The number of urea groups is 1. The number of rotatable bonds is 7. The lowest BCUT2D eigenvalue weighted by atomic mass is 10.1. The largest absolute Gasteiger partial charge is 0.481 e. The van der Waals surface area contributed by atoms with Gasteiger partial charge in [0.1, 0.15) is 6.54 Å². The van der Waals surface area contributed by atoms with Crippen LogP contribution in [0, 0.1) is 0 Å². The number of amides is 3. The van der Waals surface area contributed by atoms with Crippen LogP contribution in [-0.2, 0) is 16.1 Å². The summed E-state index contributed by atoms with van der Waals surface area (Å²) >= 11 is 0. The number of methoxy groups -OCH3 is 3. The molecule has 0 aliphatic heterocycles. The number of carbonyl (C=O) groups excluding carboxylic acids is 3. The number of anilines is 1. The standard InChI is InChI=1S/C18H20N4O6/c1-22(11-23,10-12-5-7-13(8-6-12)16(24)28-4)18(25)21-17-19-14(26-2)9-15(20-17)27-3/h5-9,11H,10H2,1-4H3/p+1. The molecule has 1 aromatic carbocycles. The second kappa shape index (κ2) is 8.91. The van der Waals surface area contributed by atoms with Gasteiger partial charge in [0.25, 0.3) is 0 Å². The first-order valence-corrected chi connectivity index (χ1v) is 8.12. The van der Waals surface area contributed by atoms with Gasteiger partial charge in [-0.2, -0.15) is 14.5 Å². The van der Waals surface area contributed by atoms with E-state index in [2.05, 4.69) is 20.0 Å². The lowest BCUT2D eigenvalue weighted by Crippen LogP contribution is -2.50. The first-order chi connectivity index (χ1) is 13.3. The molecule has 2 aromatic rings. The Bertz CT molecular complexity index is 849. The third-order valence-corrected chi connectivity index (χ3v) is 3.90. The van der Waals surface area contributed by atoms with Crippen molar-refractivity contribution in [3.63, 3.8) is 0 Å². The maximum absolute atomic E-state index is 12.7. The number of esters is 1. The molecule has 0 saturated heterocycles. The van der Waals surface area contributed by atoms with Gasteiger partial charge in [0.15, 0.2) is 0 Å². The van der Waals surface area contributed by atoms with Crippen LogP contribution in [0.3, 0.4) is 0 Å². The van der Waals surface area contributed by atoms with Crippen molar-refractivity contribution >= 4 is 24.4 Å². The van der Waals surface area contributed by atoms with Gasteiger partial charge in [0.05, 0.1) is 40.0 Å².